The summed E-state index contributed by atoms with van der Waals surface area (Å²) in [7, 11) is 0. The van der Waals surface area contributed by atoms with Crippen molar-refractivity contribution in [1.29, 1.82) is 0 Å². The highest BCUT2D eigenvalue weighted by atomic mass is 14.9. The number of rotatable bonds is 30. The standard InChI is InChI=1S/C131H88/c1-5-9-13-17-21-29-45-127(46-30-22-18-14-10-6-2)63-35-27-25-33-57(63)59-41-37-53(49-65(59)127)55-39-43-61-62-44-40-56(54-38-42-60-58-34-26-28-36-64(58)128(66(60)50-54,47-31-23-19-15-11-7-3)48-32-24-20-16-12-8-4)52-68(62)129(67(61)51-55)130-123-115-107-97-87-79-71-69-70-73-77-75(71)83-91-85(77)95-89-81(73)82-74(70)78-76-72(69)80(79)88-94-84(76)92-86(78)96-90(82)100-99(89)109-103(95)113-105(91)111(101(107)93(83)87)119(123)121(113)125-117(109)118-110(100)104(96)114-106(92)112-102(94)108(98(88)97)116(115)124(130)120(112)122(114)126(118)131(125,129)130/h25-28,33-44,49-52H,5-24,29-32,45-48H2,1-4H3. The van der Waals surface area contributed by atoms with Crippen molar-refractivity contribution in [1.82, 2.24) is 0 Å². The fourth-order valence-corrected chi connectivity index (χ4v) is 39.5. The SMILES string of the molecule is CCCCCCCCC1(CCCCCCCC)c2ccccc2-c2ccc(-c3ccc4c(c3)C3(c5cc(-c6ccc7c(c6)C(CCCCCCCC)(CCCCCCCC)c6ccccc6-7)ccc5-4)C45c6c7c8c9c%10c%11c(c%12c%13c4c4c6c6c%14c7c7c8c8c%10c%10c%15c%11c%11c%12c%12c%13c%13c4c4c6c6c%14c%14c7c7c8c%10c8c%10c%15c%11c%11c%12c%12c%13c4c4c6c6c%14c7c8c7c%10c%11c%12c4c67)C935)cc21. The number of hydrogen-bond acceptors (Lipinski definition) is 0. The monoisotopic (exact) mass is 1660 g/mol. The predicted molar refractivity (Wildman–Crippen MR) is 562 cm³/mol. The van der Waals surface area contributed by atoms with E-state index in [-0.39, 0.29) is 10.8 Å². The largest absolute Gasteiger partial charge is 0.0654 e. The van der Waals surface area contributed by atoms with E-state index in [0.29, 0.717) is 0 Å². The molecule has 0 aliphatic heterocycles. The van der Waals surface area contributed by atoms with Crippen molar-refractivity contribution >= 4 is 291 Å². The molecule has 3 spiro atoms. The Labute approximate surface area is 752 Å². The van der Waals surface area contributed by atoms with Crippen molar-refractivity contribution in [3.63, 3.8) is 0 Å². The molecular formula is C131H88. The molecule has 0 heteroatoms. The molecule has 1 saturated carbocycles. The normalized spacial score (nSPS) is 17.7. The number of benzene rings is 24. The van der Waals surface area contributed by atoms with Gasteiger partial charge in [-0.05, 0) is 452 Å². The van der Waals surface area contributed by atoms with Crippen LogP contribution in [0.5, 0.6) is 0 Å². The summed E-state index contributed by atoms with van der Waals surface area (Å²) >= 11 is 0. The Kier molecular flexibility index (Phi) is 9.68. The summed E-state index contributed by atoms with van der Waals surface area (Å²) in [5.41, 5.74) is 29.9. The van der Waals surface area contributed by atoms with E-state index in [4.69, 9.17) is 0 Å². The van der Waals surface area contributed by atoms with Gasteiger partial charge in [0.15, 0.2) is 0 Å². The van der Waals surface area contributed by atoms with Crippen LogP contribution >= 0.6 is 0 Å². The average molecular weight is 1660 g/mol. The molecule has 0 bridgehead atoms. The molecule has 0 nitrogen and oxygen atoms in total. The minimum Gasteiger partial charge on any atom is -0.0654 e. The lowest BCUT2D eigenvalue weighted by Gasteiger charge is -2.33. The topological polar surface area (TPSA) is 0 Å². The van der Waals surface area contributed by atoms with E-state index in [1.54, 1.807) is 346 Å². The van der Waals surface area contributed by atoms with Gasteiger partial charge in [-0.2, -0.15) is 0 Å². The summed E-state index contributed by atoms with van der Waals surface area (Å²) < 4.78 is 0. The smallest absolute Gasteiger partial charge is 0.0528 e. The molecule has 8 aliphatic rings. The number of hydrogen-bond donors (Lipinski definition) is 0. The molecule has 0 aromatic heterocycles. The summed E-state index contributed by atoms with van der Waals surface area (Å²) in [6.07, 6.45) is 36.6. The first-order valence-corrected chi connectivity index (χ1v) is 52.6. The van der Waals surface area contributed by atoms with Crippen LogP contribution in [-0.2, 0) is 27.1 Å². The lowest BCUT2D eigenvalue weighted by Crippen LogP contribution is -2.27. The lowest BCUT2D eigenvalue weighted by molar-refractivity contribution is 0.398. The van der Waals surface area contributed by atoms with Crippen LogP contribution in [0.25, 0.3) is 346 Å². The van der Waals surface area contributed by atoms with Crippen molar-refractivity contribution < 1.29 is 0 Å². The summed E-state index contributed by atoms with van der Waals surface area (Å²) in [5, 5.41) is 90.6. The van der Waals surface area contributed by atoms with E-state index < -0.39 is 16.2 Å². The Hall–Kier alpha value is -12.2. The van der Waals surface area contributed by atoms with Crippen LogP contribution in [0.2, 0.25) is 0 Å². The van der Waals surface area contributed by atoms with Gasteiger partial charge >= 0.3 is 0 Å². The molecule has 1 fully saturated rings. The molecule has 0 N–H and O–H groups in total. The van der Waals surface area contributed by atoms with Gasteiger partial charge in [0.1, 0.15) is 0 Å². The third-order valence-corrected chi connectivity index (χ3v) is 42.5. The molecule has 0 unspecified atom stereocenters. The fourth-order valence-electron chi connectivity index (χ4n) is 39.5. The first-order valence-electron chi connectivity index (χ1n) is 52.6. The van der Waals surface area contributed by atoms with Gasteiger partial charge in [0, 0.05) is 10.8 Å². The highest BCUT2D eigenvalue weighted by Crippen LogP contribution is 2.99. The van der Waals surface area contributed by atoms with Crippen molar-refractivity contribution in [2.45, 2.75) is 235 Å². The van der Waals surface area contributed by atoms with Gasteiger partial charge in [0.2, 0.25) is 0 Å². The van der Waals surface area contributed by atoms with Crippen LogP contribution in [-0.4, -0.2) is 0 Å². The molecule has 0 amide bonds. The molecular weight excluding hydrogens is 1570 g/mol. The quantitative estimate of drug-likeness (QED) is 0.0311. The lowest BCUT2D eigenvalue weighted by atomic mass is 9.68. The summed E-state index contributed by atoms with van der Waals surface area (Å²) in [4.78, 5) is 0. The Bertz CT molecular complexity index is 9890. The molecule has 42 rings (SSSR count). The maximum absolute atomic E-state index is 3.00. The molecule has 0 radical (unpaired) electrons. The Morgan fingerprint density at radius 3 is 0.527 bits per heavy atom. The molecule has 612 valence electrons. The molecule has 0 saturated heterocycles. The third-order valence-electron chi connectivity index (χ3n) is 42.5. The minimum atomic E-state index is -0.570. The second-order valence-corrected chi connectivity index (χ2v) is 46.4. The van der Waals surface area contributed by atoms with E-state index in [1.807, 2.05) is 0 Å². The molecule has 0 atom stereocenters. The molecule has 34 aromatic carbocycles. The van der Waals surface area contributed by atoms with Crippen LogP contribution in [0.3, 0.4) is 0 Å². The van der Waals surface area contributed by atoms with Crippen LogP contribution in [0.4, 0.5) is 0 Å². The second kappa shape index (κ2) is 19.4. The first-order chi connectivity index (χ1) is 65.0. The zero-order chi connectivity index (χ0) is 83.2. The van der Waals surface area contributed by atoms with Gasteiger partial charge in [-0.3, -0.25) is 0 Å². The van der Waals surface area contributed by atoms with Gasteiger partial charge < -0.3 is 0 Å². The van der Waals surface area contributed by atoms with Crippen LogP contribution in [0.15, 0.2) is 121 Å². The van der Waals surface area contributed by atoms with Crippen LogP contribution < -0.4 is 0 Å². The van der Waals surface area contributed by atoms with Gasteiger partial charge in [-0.1, -0.05) is 279 Å². The van der Waals surface area contributed by atoms with E-state index in [9.17, 15) is 0 Å². The van der Waals surface area contributed by atoms with Gasteiger partial charge in [0.05, 0.1) is 16.2 Å². The molecule has 34 aromatic rings. The second-order valence-electron chi connectivity index (χ2n) is 46.4. The van der Waals surface area contributed by atoms with Gasteiger partial charge in [-0.25, -0.2) is 0 Å². The van der Waals surface area contributed by atoms with Gasteiger partial charge in [0.25, 0.3) is 0 Å². The van der Waals surface area contributed by atoms with E-state index in [0.717, 1.165) is 0 Å². The maximum atomic E-state index is 3.00. The van der Waals surface area contributed by atoms with E-state index >= 15 is 0 Å². The average Bonchev–Trinajstić information content (AvgIpc) is 1.32. The minimum absolute atomic E-state index is 0.0396. The van der Waals surface area contributed by atoms with Gasteiger partial charge in [-0.15, -0.1) is 0 Å². The summed E-state index contributed by atoms with van der Waals surface area (Å²) in [5.74, 6) is 0. The maximum Gasteiger partial charge on any atom is 0.0528 e. The van der Waals surface area contributed by atoms with E-state index in [1.165, 1.54) is 235 Å². The highest BCUT2D eigenvalue weighted by Gasteiger charge is 2.96. The fraction of sp³-hybridized carbons (Fsp3) is 0.282. The predicted octanol–water partition coefficient (Wildman–Crippen LogP) is 38.1. The summed E-state index contributed by atoms with van der Waals surface area (Å²) in [6, 6.07) is 53.0. The zero-order valence-corrected chi connectivity index (χ0v) is 74.8. The van der Waals surface area contributed by atoms with E-state index in [2.05, 4.69) is 149 Å². The van der Waals surface area contributed by atoms with Crippen molar-refractivity contribution in [2.75, 3.05) is 0 Å². The van der Waals surface area contributed by atoms with Crippen LogP contribution in [0.1, 0.15) is 263 Å². The number of fused-ring (bicyclic) bond motifs is 11. The first kappa shape index (κ1) is 65.4. The number of unbranched alkanes of at least 4 members (excludes halogenated alkanes) is 20. The Balaban J connectivity index is 0.653. The molecule has 131 heavy (non-hydrogen) atoms. The van der Waals surface area contributed by atoms with Crippen molar-refractivity contribution in [3.05, 3.63) is 177 Å². The Morgan fingerprint density at radius 1 is 0.145 bits per heavy atom. The van der Waals surface area contributed by atoms with Crippen molar-refractivity contribution in [3.8, 4) is 55.6 Å². The molecule has 0 heterocycles. The Morgan fingerprint density at radius 2 is 0.313 bits per heavy atom. The van der Waals surface area contributed by atoms with Crippen molar-refractivity contribution in [2.24, 2.45) is 0 Å². The summed E-state index contributed by atoms with van der Waals surface area (Å²) in [6.45, 7) is 9.53. The molecule has 8 aliphatic carbocycles. The highest BCUT2D eigenvalue weighted by molar-refractivity contribution is 6.82. The van der Waals surface area contributed by atoms with Crippen LogP contribution in [0, 0.1) is 0 Å². The zero-order valence-electron chi connectivity index (χ0n) is 74.8. The third kappa shape index (κ3) is 5.36.